The third kappa shape index (κ3) is 2.92. The van der Waals surface area contributed by atoms with Gasteiger partial charge in [0.25, 0.3) is 0 Å². The molecule has 1 atom stereocenters. The SMILES string of the molecule is Nc1cc(NCC2CCOC2)c2ccc(C3=CC=NC3)cc2n1. The molecular formula is C18H20N4O. The number of nitrogens with one attached hydrogen (secondary N) is 1. The summed E-state index contributed by atoms with van der Waals surface area (Å²) in [6.07, 6.45) is 5.01. The first-order chi connectivity index (χ1) is 11.3. The first-order valence-electron chi connectivity index (χ1n) is 8.01. The van der Waals surface area contributed by atoms with Crippen LogP contribution in [0.5, 0.6) is 0 Å². The standard InChI is InChI=1S/C18H20N4O/c19-18-8-16(21-9-12-4-6-23-11-12)15-2-1-13(7-17(15)22-18)14-3-5-20-10-14/h1-3,5,7-8,12H,4,6,9-11H2,(H3,19,21,22). The molecule has 0 spiro atoms. The Labute approximate surface area is 135 Å². The molecule has 0 saturated carbocycles. The molecule has 0 radical (unpaired) electrons. The minimum Gasteiger partial charge on any atom is -0.384 e. The quantitative estimate of drug-likeness (QED) is 0.911. The van der Waals surface area contributed by atoms with Crippen LogP contribution in [-0.4, -0.2) is 37.5 Å². The van der Waals surface area contributed by atoms with Gasteiger partial charge in [-0.05, 0) is 29.7 Å². The van der Waals surface area contributed by atoms with E-state index in [4.69, 9.17) is 10.5 Å². The summed E-state index contributed by atoms with van der Waals surface area (Å²) in [5.41, 5.74) is 10.3. The smallest absolute Gasteiger partial charge is 0.126 e. The number of fused-ring (bicyclic) bond motifs is 1. The van der Waals surface area contributed by atoms with Gasteiger partial charge in [0.1, 0.15) is 5.82 Å². The zero-order valence-electron chi connectivity index (χ0n) is 13.0. The van der Waals surface area contributed by atoms with Crippen LogP contribution in [0.4, 0.5) is 11.5 Å². The number of nitrogens with two attached hydrogens (primary N) is 1. The second-order valence-electron chi connectivity index (χ2n) is 6.12. The number of aromatic nitrogens is 1. The third-order valence-corrected chi connectivity index (χ3v) is 4.45. The van der Waals surface area contributed by atoms with E-state index in [1.807, 2.05) is 18.4 Å². The van der Waals surface area contributed by atoms with Gasteiger partial charge in [0.15, 0.2) is 0 Å². The highest BCUT2D eigenvalue weighted by atomic mass is 16.5. The molecule has 23 heavy (non-hydrogen) atoms. The van der Waals surface area contributed by atoms with E-state index in [-0.39, 0.29) is 0 Å². The highest BCUT2D eigenvalue weighted by Gasteiger charge is 2.16. The number of rotatable bonds is 4. The van der Waals surface area contributed by atoms with Crippen LogP contribution in [-0.2, 0) is 4.74 Å². The summed E-state index contributed by atoms with van der Waals surface area (Å²) in [6, 6.07) is 8.25. The molecule has 2 aliphatic rings. The van der Waals surface area contributed by atoms with Crippen molar-refractivity contribution in [2.75, 3.05) is 37.4 Å². The van der Waals surface area contributed by atoms with E-state index >= 15 is 0 Å². The van der Waals surface area contributed by atoms with Crippen LogP contribution < -0.4 is 11.1 Å². The highest BCUT2D eigenvalue weighted by Crippen LogP contribution is 2.28. The van der Waals surface area contributed by atoms with Crippen molar-refractivity contribution in [2.24, 2.45) is 10.9 Å². The number of pyridine rings is 1. The molecule has 0 amide bonds. The second kappa shape index (κ2) is 6.01. The topological polar surface area (TPSA) is 72.5 Å². The highest BCUT2D eigenvalue weighted by molar-refractivity contribution is 5.96. The molecule has 118 valence electrons. The molecule has 1 saturated heterocycles. The van der Waals surface area contributed by atoms with Gasteiger partial charge in [0.2, 0.25) is 0 Å². The molecule has 4 rings (SSSR count). The van der Waals surface area contributed by atoms with E-state index in [1.165, 1.54) is 5.57 Å². The molecule has 2 aliphatic heterocycles. The normalized spacial score (nSPS) is 20.2. The lowest BCUT2D eigenvalue weighted by Crippen LogP contribution is -2.14. The Balaban J connectivity index is 1.64. The van der Waals surface area contributed by atoms with E-state index in [2.05, 4.69) is 33.5 Å². The number of hydrogen-bond donors (Lipinski definition) is 2. The van der Waals surface area contributed by atoms with Crippen molar-refractivity contribution < 1.29 is 4.74 Å². The lowest BCUT2D eigenvalue weighted by molar-refractivity contribution is 0.187. The van der Waals surface area contributed by atoms with Crippen molar-refractivity contribution in [2.45, 2.75) is 6.42 Å². The van der Waals surface area contributed by atoms with Crippen LogP contribution in [0.25, 0.3) is 16.5 Å². The summed E-state index contributed by atoms with van der Waals surface area (Å²) < 4.78 is 5.43. The van der Waals surface area contributed by atoms with Crippen molar-refractivity contribution in [3.05, 3.63) is 35.9 Å². The Hall–Kier alpha value is -2.40. The van der Waals surface area contributed by atoms with Crippen molar-refractivity contribution in [3.8, 4) is 0 Å². The van der Waals surface area contributed by atoms with E-state index in [9.17, 15) is 0 Å². The summed E-state index contributed by atoms with van der Waals surface area (Å²) in [5, 5.41) is 4.62. The fourth-order valence-corrected chi connectivity index (χ4v) is 3.13. The Kier molecular flexibility index (Phi) is 3.71. The van der Waals surface area contributed by atoms with Gasteiger partial charge in [0.05, 0.1) is 18.7 Å². The summed E-state index contributed by atoms with van der Waals surface area (Å²) in [4.78, 5) is 8.74. The Morgan fingerprint density at radius 2 is 2.26 bits per heavy atom. The maximum absolute atomic E-state index is 6.00. The van der Waals surface area contributed by atoms with E-state index in [0.717, 1.165) is 54.9 Å². The van der Waals surface area contributed by atoms with Crippen LogP contribution in [0.15, 0.2) is 35.3 Å². The van der Waals surface area contributed by atoms with Gasteiger partial charge in [-0.25, -0.2) is 4.98 Å². The van der Waals surface area contributed by atoms with Crippen LogP contribution >= 0.6 is 0 Å². The number of nitrogens with zero attached hydrogens (tertiary/aromatic N) is 2. The summed E-state index contributed by atoms with van der Waals surface area (Å²) in [6.45, 7) is 3.34. The fourth-order valence-electron chi connectivity index (χ4n) is 3.13. The number of nitrogen functional groups attached to an aromatic ring is 1. The predicted octanol–water partition coefficient (Wildman–Crippen LogP) is 2.73. The number of benzene rings is 1. The van der Waals surface area contributed by atoms with Crippen LogP contribution in [0.1, 0.15) is 12.0 Å². The molecule has 1 fully saturated rings. The molecule has 1 aromatic heterocycles. The molecule has 2 aromatic rings. The van der Waals surface area contributed by atoms with Crippen molar-refractivity contribution in [1.82, 2.24) is 4.98 Å². The number of aliphatic imine (C=N–C) groups is 1. The van der Waals surface area contributed by atoms with Gasteiger partial charge in [-0.2, -0.15) is 0 Å². The molecule has 5 nitrogen and oxygen atoms in total. The zero-order chi connectivity index (χ0) is 15.6. The summed E-state index contributed by atoms with van der Waals surface area (Å²) >= 11 is 0. The van der Waals surface area contributed by atoms with Gasteiger partial charge < -0.3 is 15.8 Å². The Morgan fingerprint density at radius 3 is 3.04 bits per heavy atom. The molecule has 1 aromatic carbocycles. The minimum atomic E-state index is 0.538. The van der Waals surface area contributed by atoms with Crippen molar-refractivity contribution in [3.63, 3.8) is 0 Å². The summed E-state index contributed by atoms with van der Waals surface area (Å²) in [5.74, 6) is 1.11. The average molecular weight is 308 g/mol. The molecule has 3 N–H and O–H groups in total. The molecule has 1 unspecified atom stereocenters. The monoisotopic (exact) mass is 308 g/mol. The molecule has 5 heteroatoms. The molecule has 0 aliphatic carbocycles. The molecular weight excluding hydrogens is 288 g/mol. The van der Waals surface area contributed by atoms with Gasteiger partial charge >= 0.3 is 0 Å². The second-order valence-corrected chi connectivity index (χ2v) is 6.12. The lowest BCUT2D eigenvalue weighted by atomic mass is 10.0. The third-order valence-electron chi connectivity index (χ3n) is 4.45. The van der Waals surface area contributed by atoms with Crippen LogP contribution in [0.3, 0.4) is 0 Å². The van der Waals surface area contributed by atoms with Gasteiger partial charge in [0, 0.05) is 42.4 Å². The predicted molar refractivity (Wildman–Crippen MR) is 94.9 cm³/mol. The van der Waals surface area contributed by atoms with Crippen molar-refractivity contribution in [1.29, 1.82) is 0 Å². The number of hydrogen-bond acceptors (Lipinski definition) is 5. The lowest BCUT2D eigenvalue weighted by Gasteiger charge is -2.14. The zero-order valence-corrected chi connectivity index (χ0v) is 13.0. The van der Waals surface area contributed by atoms with Crippen molar-refractivity contribution >= 4 is 34.2 Å². The average Bonchev–Trinajstić information content (AvgIpc) is 3.25. The van der Waals surface area contributed by atoms with Gasteiger partial charge in [-0.15, -0.1) is 0 Å². The maximum atomic E-state index is 6.00. The van der Waals surface area contributed by atoms with E-state index in [0.29, 0.717) is 11.7 Å². The largest absolute Gasteiger partial charge is 0.384 e. The van der Waals surface area contributed by atoms with Gasteiger partial charge in [-0.1, -0.05) is 12.1 Å². The van der Waals surface area contributed by atoms with Gasteiger partial charge in [-0.3, -0.25) is 4.99 Å². The first-order valence-corrected chi connectivity index (χ1v) is 8.01. The van der Waals surface area contributed by atoms with E-state index < -0.39 is 0 Å². The maximum Gasteiger partial charge on any atom is 0.126 e. The Bertz CT molecular complexity index is 791. The first kappa shape index (κ1) is 14.2. The fraction of sp³-hybridized carbons (Fsp3) is 0.333. The molecule has 0 bridgehead atoms. The number of allylic oxidation sites excluding steroid dienone is 1. The number of anilines is 2. The molecule has 3 heterocycles. The van der Waals surface area contributed by atoms with Crippen LogP contribution in [0, 0.1) is 5.92 Å². The Morgan fingerprint density at radius 1 is 1.30 bits per heavy atom. The van der Waals surface area contributed by atoms with E-state index in [1.54, 1.807) is 0 Å². The minimum absolute atomic E-state index is 0.538. The summed E-state index contributed by atoms with van der Waals surface area (Å²) in [7, 11) is 0. The van der Waals surface area contributed by atoms with Crippen LogP contribution in [0.2, 0.25) is 0 Å². The number of ether oxygens (including phenoxy) is 1.